The van der Waals surface area contributed by atoms with Crippen LogP contribution < -0.4 is 17.0 Å². The minimum absolute atomic E-state index is 0.0295. The minimum atomic E-state index is -0.900. The van der Waals surface area contributed by atoms with Crippen LogP contribution in [0.25, 0.3) is 17.2 Å². The van der Waals surface area contributed by atoms with Gasteiger partial charge in [-0.15, -0.1) is 12.6 Å². The second-order valence-corrected chi connectivity index (χ2v) is 6.51. The molecule has 0 atom stereocenters. The average Bonchev–Trinajstić information content (AvgIpc) is 2.71. The maximum Gasteiger partial charge on any atom is 0.365 e. The largest absolute Gasteiger partial charge is 0.421 e. The van der Waals surface area contributed by atoms with Crippen LogP contribution in [-0.2, 0) is 6.54 Å². The highest BCUT2D eigenvalue weighted by atomic mass is 32.1. The number of carbonyl (C=O) groups is 1. The summed E-state index contributed by atoms with van der Waals surface area (Å²) in [6, 6.07) is 14.2. The van der Waals surface area contributed by atoms with Crippen molar-refractivity contribution in [1.82, 2.24) is 9.30 Å². The number of primary amides is 1. The molecule has 2 aromatic carbocycles. The first-order valence-corrected chi connectivity index (χ1v) is 8.68. The maximum absolute atomic E-state index is 12.3. The van der Waals surface area contributed by atoms with Crippen molar-refractivity contribution >= 4 is 24.6 Å². The molecule has 0 aliphatic carbocycles. The zero-order valence-corrected chi connectivity index (χ0v) is 15.6. The molecule has 0 saturated carbocycles. The van der Waals surface area contributed by atoms with Crippen LogP contribution >= 0.6 is 12.6 Å². The third-order valence-corrected chi connectivity index (χ3v) is 4.72. The van der Waals surface area contributed by atoms with Crippen LogP contribution in [-0.4, -0.2) is 20.4 Å². The third kappa shape index (κ3) is 3.49. The summed E-state index contributed by atoms with van der Waals surface area (Å²) in [6.07, 6.45) is 1.34. The second-order valence-electron chi connectivity index (χ2n) is 6.07. The average molecular weight is 395 g/mol. The Kier molecular flexibility index (Phi) is 5.23. The van der Waals surface area contributed by atoms with E-state index in [4.69, 9.17) is 5.73 Å². The Morgan fingerprint density at radius 2 is 1.82 bits per heavy atom. The number of benzene rings is 2. The number of carbonyl (C=O) groups excluding carboxylic acids is 1. The van der Waals surface area contributed by atoms with Crippen molar-refractivity contribution in [2.75, 3.05) is 0 Å². The van der Waals surface area contributed by atoms with Gasteiger partial charge in [-0.1, -0.05) is 41.6 Å². The summed E-state index contributed by atoms with van der Waals surface area (Å²) in [7, 11) is 0. The quantitative estimate of drug-likeness (QED) is 0.454. The molecule has 0 unspecified atom stereocenters. The molecule has 142 valence electrons. The third-order valence-electron chi connectivity index (χ3n) is 4.30. The second kappa shape index (κ2) is 7.61. The monoisotopic (exact) mass is 395 g/mol. The lowest BCUT2D eigenvalue weighted by atomic mass is 10.0. The smallest absolute Gasteiger partial charge is 0.365 e. The van der Waals surface area contributed by atoms with Crippen LogP contribution in [0.15, 0.2) is 69.6 Å². The van der Waals surface area contributed by atoms with Gasteiger partial charge in [0.15, 0.2) is 0 Å². The standard InChI is InChI=1S/C20H17N3O4S/c1-2-16-17(28)19(25)23(27)20(26)22(16)11-12-4-3-5-15(10-12)13-6-8-14(9-7-13)18(21)24/h2-10,27-28H,1,11H2,(H2,21,24). The number of hydrogen-bond acceptors (Lipinski definition) is 5. The lowest BCUT2D eigenvalue weighted by Crippen LogP contribution is -2.40. The highest BCUT2D eigenvalue weighted by Crippen LogP contribution is 2.22. The van der Waals surface area contributed by atoms with Gasteiger partial charge in [0.1, 0.15) is 0 Å². The molecular weight excluding hydrogens is 378 g/mol. The molecule has 3 N–H and O–H groups in total. The Morgan fingerprint density at radius 1 is 1.14 bits per heavy atom. The molecule has 1 aromatic heterocycles. The van der Waals surface area contributed by atoms with E-state index in [1.54, 1.807) is 24.3 Å². The van der Waals surface area contributed by atoms with E-state index < -0.39 is 17.2 Å². The van der Waals surface area contributed by atoms with Gasteiger partial charge in [-0.25, -0.2) is 4.79 Å². The molecule has 1 heterocycles. The molecule has 28 heavy (non-hydrogen) atoms. The molecule has 0 spiro atoms. The molecule has 7 nitrogen and oxygen atoms in total. The number of aromatic nitrogens is 2. The molecule has 0 saturated heterocycles. The predicted octanol–water partition coefficient (Wildman–Crippen LogP) is 1.99. The molecule has 3 rings (SSSR count). The van der Waals surface area contributed by atoms with Gasteiger partial charge in [0.2, 0.25) is 5.91 Å². The fourth-order valence-corrected chi connectivity index (χ4v) is 3.17. The number of nitrogens with zero attached hydrogens (tertiary/aromatic N) is 2. The molecule has 0 aliphatic heterocycles. The van der Waals surface area contributed by atoms with Crippen molar-refractivity contribution in [2.45, 2.75) is 11.4 Å². The van der Waals surface area contributed by atoms with E-state index in [0.29, 0.717) is 5.56 Å². The summed E-state index contributed by atoms with van der Waals surface area (Å²) < 4.78 is 1.24. The van der Waals surface area contributed by atoms with Crippen molar-refractivity contribution in [3.8, 4) is 11.1 Å². The number of thiol groups is 1. The Balaban J connectivity index is 2.03. The van der Waals surface area contributed by atoms with Gasteiger partial charge in [0, 0.05) is 5.56 Å². The van der Waals surface area contributed by atoms with Crippen LogP contribution in [0.5, 0.6) is 0 Å². The molecular formula is C20H17N3O4S. The lowest BCUT2D eigenvalue weighted by Gasteiger charge is -2.13. The van der Waals surface area contributed by atoms with E-state index in [1.807, 2.05) is 24.3 Å². The van der Waals surface area contributed by atoms with Crippen molar-refractivity contribution in [2.24, 2.45) is 5.73 Å². The summed E-state index contributed by atoms with van der Waals surface area (Å²) in [5.41, 5.74) is 6.60. The maximum atomic E-state index is 12.3. The van der Waals surface area contributed by atoms with Crippen molar-refractivity contribution in [3.63, 3.8) is 0 Å². The minimum Gasteiger partial charge on any atom is -0.421 e. The van der Waals surface area contributed by atoms with E-state index in [2.05, 4.69) is 19.2 Å². The number of rotatable bonds is 5. The van der Waals surface area contributed by atoms with Crippen LogP contribution in [0.3, 0.4) is 0 Å². The number of hydrogen-bond donors (Lipinski definition) is 3. The van der Waals surface area contributed by atoms with Gasteiger partial charge in [-0.3, -0.25) is 14.2 Å². The Morgan fingerprint density at radius 3 is 2.43 bits per heavy atom. The molecule has 1 amide bonds. The highest BCUT2D eigenvalue weighted by Gasteiger charge is 2.15. The topological polar surface area (TPSA) is 107 Å². The zero-order chi connectivity index (χ0) is 20.4. The Labute approximate surface area is 165 Å². The van der Waals surface area contributed by atoms with Crippen LogP contribution in [0, 0.1) is 0 Å². The van der Waals surface area contributed by atoms with Crippen LogP contribution in [0.1, 0.15) is 21.6 Å². The lowest BCUT2D eigenvalue weighted by molar-refractivity contribution is 0.100. The zero-order valence-electron chi connectivity index (χ0n) is 14.7. The van der Waals surface area contributed by atoms with Gasteiger partial charge in [-0.05, 0) is 41.0 Å². The van der Waals surface area contributed by atoms with Gasteiger partial charge >= 0.3 is 11.2 Å². The number of amides is 1. The van der Waals surface area contributed by atoms with E-state index in [1.165, 1.54) is 10.6 Å². The summed E-state index contributed by atoms with van der Waals surface area (Å²) >= 11 is 4.09. The number of nitrogens with two attached hydrogens (primary N) is 1. The first-order chi connectivity index (χ1) is 13.3. The van der Waals surface area contributed by atoms with Gasteiger partial charge in [0.05, 0.1) is 17.1 Å². The predicted molar refractivity (Wildman–Crippen MR) is 109 cm³/mol. The Bertz CT molecular complexity index is 1190. The van der Waals surface area contributed by atoms with Gasteiger partial charge in [-0.2, -0.15) is 0 Å². The van der Waals surface area contributed by atoms with Crippen molar-refractivity contribution in [3.05, 3.63) is 92.8 Å². The molecule has 3 aromatic rings. The summed E-state index contributed by atoms with van der Waals surface area (Å²) in [5, 5.41) is 9.72. The summed E-state index contributed by atoms with van der Waals surface area (Å²) in [5.74, 6) is -0.502. The van der Waals surface area contributed by atoms with E-state index >= 15 is 0 Å². The van der Waals surface area contributed by atoms with Crippen molar-refractivity contribution < 1.29 is 10.0 Å². The Hall–Kier alpha value is -3.52. The van der Waals surface area contributed by atoms with E-state index in [9.17, 15) is 19.6 Å². The molecule has 0 radical (unpaired) electrons. The molecule has 0 bridgehead atoms. The molecule has 8 heteroatoms. The van der Waals surface area contributed by atoms with Gasteiger partial charge in [0.25, 0.3) is 0 Å². The summed E-state index contributed by atoms with van der Waals surface area (Å²) in [6.45, 7) is 3.72. The summed E-state index contributed by atoms with van der Waals surface area (Å²) in [4.78, 5) is 35.3. The fourth-order valence-electron chi connectivity index (χ4n) is 2.86. The first kappa shape index (κ1) is 19.2. The van der Waals surface area contributed by atoms with Gasteiger partial charge < -0.3 is 10.9 Å². The van der Waals surface area contributed by atoms with E-state index in [0.717, 1.165) is 16.7 Å². The first-order valence-electron chi connectivity index (χ1n) is 8.23. The highest BCUT2D eigenvalue weighted by molar-refractivity contribution is 7.80. The molecule has 0 aliphatic rings. The van der Waals surface area contributed by atoms with Crippen molar-refractivity contribution in [1.29, 1.82) is 0 Å². The molecule has 0 fully saturated rings. The SMILES string of the molecule is C=Cc1c(S)c(=O)n(O)c(=O)n1Cc1cccc(-c2ccc(C(N)=O)cc2)c1. The van der Waals surface area contributed by atoms with Crippen LogP contribution in [0.2, 0.25) is 0 Å². The fraction of sp³-hybridized carbons (Fsp3) is 0.0500. The normalized spacial score (nSPS) is 10.6. The van der Waals surface area contributed by atoms with E-state index in [-0.39, 0.29) is 21.9 Å². The van der Waals surface area contributed by atoms with Crippen LogP contribution in [0.4, 0.5) is 0 Å².